The van der Waals surface area contributed by atoms with Crippen molar-refractivity contribution in [3.05, 3.63) is 18.2 Å². The number of ether oxygens (including phenoxy) is 2. The molecule has 2 heterocycles. The second-order valence-corrected chi connectivity index (χ2v) is 4.10. The number of anilines is 1. The van der Waals surface area contributed by atoms with Gasteiger partial charge in [0.1, 0.15) is 11.9 Å². The zero-order valence-corrected chi connectivity index (χ0v) is 10.8. The normalized spacial score (nSPS) is 20.4. The van der Waals surface area contributed by atoms with Crippen LogP contribution in [0.5, 0.6) is 5.88 Å². The Labute approximate surface area is 111 Å². The minimum atomic E-state index is -0.420. The lowest BCUT2D eigenvalue weighted by Crippen LogP contribution is -2.48. The minimum Gasteiger partial charge on any atom is -0.478 e. The number of hydrogen-bond acceptors (Lipinski definition) is 6. The number of hydrogen-bond donors (Lipinski definition) is 2. The molecule has 0 bridgehead atoms. The van der Waals surface area contributed by atoms with E-state index in [9.17, 15) is 0 Å². The highest BCUT2D eigenvalue weighted by Crippen LogP contribution is 2.18. The summed E-state index contributed by atoms with van der Waals surface area (Å²) in [5.74, 6) is 1.46. The van der Waals surface area contributed by atoms with Gasteiger partial charge in [-0.1, -0.05) is 11.2 Å². The molecule has 7 heteroatoms. The molecule has 3 N–H and O–H groups in total. The average molecular weight is 266 g/mol. The molecule has 1 aromatic heterocycles. The summed E-state index contributed by atoms with van der Waals surface area (Å²) in [6.07, 6.45) is -0.420. The fourth-order valence-corrected chi connectivity index (χ4v) is 1.91. The molecule has 0 saturated carbocycles. The summed E-state index contributed by atoms with van der Waals surface area (Å²) in [6, 6.07) is 5.60. The van der Waals surface area contributed by atoms with E-state index < -0.39 is 6.10 Å². The van der Waals surface area contributed by atoms with Gasteiger partial charge in [-0.3, -0.25) is 0 Å². The SMILES string of the molecule is CCOc1cccc(N2CCOC(C(N)=NO)C2)n1. The minimum absolute atomic E-state index is 0.0747. The Balaban J connectivity index is 2.10. The Morgan fingerprint density at radius 2 is 2.53 bits per heavy atom. The Hall–Kier alpha value is -2.02. The van der Waals surface area contributed by atoms with E-state index in [0.717, 1.165) is 5.82 Å². The molecule has 104 valence electrons. The molecule has 0 aliphatic carbocycles. The summed E-state index contributed by atoms with van der Waals surface area (Å²) in [5.41, 5.74) is 5.57. The molecular formula is C12H18N4O3. The Morgan fingerprint density at radius 3 is 3.26 bits per heavy atom. The molecule has 1 saturated heterocycles. The third-order valence-electron chi connectivity index (χ3n) is 2.84. The molecule has 0 radical (unpaired) electrons. The van der Waals surface area contributed by atoms with E-state index in [0.29, 0.717) is 32.2 Å². The molecule has 7 nitrogen and oxygen atoms in total. The van der Waals surface area contributed by atoms with E-state index >= 15 is 0 Å². The quantitative estimate of drug-likeness (QED) is 0.355. The van der Waals surface area contributed by atoms with Crippen molar-refractivity contribution in [1.29, 1.82) is 0 Å². The van der Waals surface area contributed by atoms with Gasteiger partial charge >= 0.3 is 0 Å². The van der Waals surface area contributed by atoms with Crippen LogP contribution in [0.1, 0.15) is 6.92 Å². The van der Waals surface area contributed by atoms with Crippen LogP contribution in [-0.2, 0) is 4.74 Å². The van der Waals surface area contributed by atoms with Crippen molar-refractivity contribution in [2.75, 3.05) is 31.2 Å². The zero-order valence-electron chi connectivity index (χ0n) is 10.8. The van der Waals surface area contributed by atoms with Crippen LogP contribution in [0, 0.1) is 0 Å². The molecule has 1 aromatic rings. The van der Waals surface area contributed by atoms with Crippen molar-refractivity contribution in [2.45, 2.75) is 13.0 Å². The van der Waals surface area contributed by atoms with Gasteiger partial charge in [0.2, 0.25) is 5.88 Å². The van der Waals surface area contributed by atoms with Crippen LogP contribution < -0.4 is 15.4 Å². The molecule has 1 aliphatic rings. The third-order valence-corrected chi connectivity index (χ3v) is 2.84. The number of morpholine rings is 1. The van der Waals surface area contributed by atoms with Gasteiger partial charge < -0.3 is 25.3 Å². The summed E-state index contributed by atoms with van der Waals surface area (Å²) < 4.78 is 10.8. The summed E-state index contributed by atoms with van der Waals surface area (Å²) in [7, 11) is 0. The summed E-state index contributed by atoms with van der Waals surface area (Å²) in [5, 5.41) is 11.7. The van der Waals surface area contributed by atoms with Crippen molar-refractivity contribution in [3.63, 3.8) is 0 Å². The average Bonchev–Trinajstić information content (AvgIpc) is 2.47. The van der Waals surface area contributed by atoms with Crippen LogP contribution in [0.25, 0.3) is 0 Å². The lowest BCUT2D eigenvalue weighted by atomic mass is 10.2. The fourth-order valence-electron chi connectivity index (χ4n) is 1.91. The molecule has 0 spiro atoms. The van der Waals surface area contributed by atoms with Crippen molar-refractivity contribution in [3.8, 4) is 5.88 Å². The van der Waals surface area contributed by atoms with Crippen molar-refractivity contribution < 1.29 is 14.7 Å². The van der Waals surface area contributed by atoms with Gasteiger partial charge in [0.05, 0.1) is 19.8 Å². The number of nitrogens with zero attached hydrogens (tertiary/aromatic N) is 3. The van der Waals surface area contributed by atoms with Crippen molar-refractivity contribution in [1.82, 2.24) is 4.98 Å². The predicted octanol–water partition coefficient (Wildman–Crippen LogP) is 0.432. The first-order valence-corrected chi connectivity index (χ1v) is 6.18. The topological polar surface area (TPSA) is 93.2 Å². The Morgan fingerprint density at radius 1 is 1.68 bits per heavy atom. The van der Waals surface area contributed by atoms with Crippen LogP contribution in [-0.4, -0.2) is 48.4 Å². The van der Waals surface area contributed by atoms with Crippen LogP contribution >= 0.6 is 0 Å². The Kier molecular flexibility index (Phi) is 4.40. The monoisotopic (exact) mass is 266 g/mol. The van der Waals surface area contributed by atoms with Gasteiger partial charge in [-0.15, -0.1) is 0 Å². The van der Waals surface area contributed by atoms with Crippen LogP contribution in [0.4, 0.5) is 5.82 Å². The van der Waals surface area contributed by atoms with Crippen LogP contribution in [0.15, 0.2) is 23.4 Å². The van der Waals surface area contributed by atoms with E-state index in [1.807, 2.05) is 30.0 Å². The van der Waals surface area contributed by atoms with Gasteiger partial charge in [-0.2, -0.15) is 4.98 Å². The molecule has 19 heavy (non-hydrogen) atoms. The van der Waals surface area contributed by atoms with Crippen LogP contribution in [0.3, 0.4) is 0 Å². The first-order chi connectivity index (χ1) is 9.24. The summed E-state index contributed by atoms with van der Waals surface area (Å²) in [4.78, 5) is 6.43. The third kappa shape index (κ3) is 3.25. The number of amidine groups is 1. The van der Waals surface area contributed by atoms with E-state index in [1.165, 1.54) is 0 Å². The molecule has 0 amide bonds. The van der Waals surface area contributed by atoms with Crippen molar-refractivity contribution in [2.24, 2.45) is 10.9 Å². The molecule has 1 unspecified atom stereocenters. The standard InChI is InChI=1S/C12H18N4O3/c1-2-18-11-5-3-4-10(14-11)16-6-7-19-9(8-16)12(13)15-17/h3-5,9,17H,2,6-8H2,1H3,(H2,13,15). The van der Waals surface area contributed by atoms with Gasteiger partial charge in [0.15, 0.2) is 5.84 Å². The highest BCUT2D eigenvalue weighted by molar-refractivity contribution is 5.85. The van der Waals surface area contributed by atoms with Gasteiger partial charge in [0.25, 0.3) is 0 Å². The first kappa shape index (κ1) is 13.4. The summed E-state index contributed by atoms with van der Waals surface area (Å²) in [6.45, 7) is 4.20. The first-order valence-electron chi connectivity index (χ1n) is 6.18. The molecule has 1 aliphatic heterocycles. The molecular weight excluding hydrogens is 248 g/mol. The highest BCUT2D eigenvalue weighted by Gasteiger charge is 2.24. The van der Waals surface area contributed by atoms with Gasteiger partial charge in [0, 0.05) is 12.6 Å². The molecule has 2 rings (SSSR count). The molecule has 1 atom stereocenters. The smallest absolute Gasteiger partial charge is 0.215 e. The Bertz CT molecular complexity index is 452. The highest BCUT2D eigenvalue weighted by atomic mass is 16.5. The van der Waals surface area contributed by atoms with Gasteiger partial charge in [-0.25, -0.2) is 0 Å². The maximum Gasteiger partial charge on any atom is 0.215 e. The van der Waals surface area contributed by atoms with E-state index in [1.54, 1.807) is 0 Å². The fraction of sp³-hybridized carbons (Fsp3) is 0.500. The van der Waals surface area contributed by atoms with Crippen molar-refractivity contribution >= 4 is 11.7 Å². The van der Waals surface area contributed by atoms with Crippen LogP contribution in [0.2, 0.25) is 0 Å². The lowest BCUT2D eigenvalue weighted by molar-refractivity contribution is 0.0803. The van der Waals surface area contributed by atoms with E-state index in [4.69, 9.17) is 20.4 Å². The van der Waals surface area contributed by atoms with Gasteiger partial charge in [-0.05, 0) is 13.0 Å². The molecule has 0 aromatic carbocycles. The number of nitrogens with two attached hydrogens (primary N) is 1. The lowest BCUT2D eigenvalue weighted by Gasteiger charge is -2.33. The van der Waals surface area contributed by atoms with E-state index in [-0.39, 0.29) is 5.84 Å². The summed E-state index contributed by atoms with van der Waals surface area (Å²) >= 11 is 0. The number of oxime groups is 1. The number of aromatic nitrogens is 1. The zero-order chi connectivity index (χ0) is 13.7. The second kappa shape index (κ2) is 6.24. The maximum absolute atomic E-state index is 8.69. The number of rotatable bonds is 4. The predicted molar refractivity (Wildman–Crippen MR) is 70.8 cm³/mol. The number of pyridine rings is 1. The maximum atomic E-state index is 8.69. The molecule has 1 fully saturated rings. The van der Waals surface area contributed by atoms with E-state index in [2.05, 4.69) is 10.1 Å². The largest absolute Gasteiger partial charge is 0.478 e. The second-order valence-electron chi connectivity index (χ2n) is 4.10.